The standard InChI is InChI=1S/C15H15ClFNO2S/c1-11(12-5-3-2-4-6-12)10-18-21(19,20)15-8-7-13(16)9-14(15)17/h2-9,11,18H,10H2,1H3/t11-/m1/s1. The molecule has 6 heteroatoms. The van der Waals surface area contributed by atoms with Gasteiger partial charge in [0, 0.05) is 11.6 Å². The number of sulfonamides is 1. The Kier molecular flexibility index (Phi) is 4.98. The summed E-state index contributed by atoms with van der Waals surface area (Å²) in [6.07, 6.45) is 0. The Hall–Kier alpha value is -1.43. The lowest BCUT2D eigenvalue weighted by Gasteiger charge is -2.13. The molecule has 0 heterocycles. The lowest BCUT2D eigenvalue weighted by Crippen LogP contribution is -2.28. The smallest absolute Gasteiger partial charge is 0.210 e. The molecule has 1 atom stereocenters. The van der Waals surface area contributed by atoms with Crippen LogP contribution in [-0.4, -0.2) is 15.0 Å². The summed E-state index contributed by atoms with van der Waals surface area (Å²) in [6, 6.07) is 13.0. The minimum absolute atomic E-state index is 0.0173. The zero-order valence-electron chi connectivity index (χ0n) is 11.4. The number of rotatable bonds is 5. The molecule has 112 valence electrons. The van der Waals surface area contributed by atoms with Crippen LogP contribution in [-0.2, 0) is 10.0 Å². The fraction of sp³-hybridized carbons (Fsp3) is 0.200. The van der Waals surface area contributed by atoms with Gasteiger partial charge in [0.05, 0.1) is 0 Å². The van der Waals surface area contributed by atoms with E-state index in [1.807, 2.05) is 37.3 Å². The van der Waals surface area contributed by atoms with E-state index in [4.69, 9.17) is 11.6 Å². The molecule has 2 rings (SSSR count). The van der Waals surface area contributed by atoms with E-state index in [9.17, 15) is 12.8 Å². The Morgan fingerprint density at radius 2 is 1.86 bits per heavy atom. The second-order valence-corrected chi connectivity index (χ2v) is 6.91. The van der Waals surface area contributed by atoms with Crippen LogP contribution in [0.5, 0.6) is 0 Å². The predicted octanol–water partition coefficient (Wildman–Crippen LogP) is 3.56. The van der Waals surface area contributed by atoms with Gasteiger partial charge < -0.3 is 0 Å². The van der Waals surface area contributed by atoms with Crippen molar-refractivity contribution in [3.8, 4) is 0 Å². The highest BCUT2D eigenvalue weighted by atomic mass is 35.5. The second kappa shape index (κ2) is 6.56. The van der Waals surface area contributed by atoms with Gasteiger partial charge in [-0.1, -0.05) is 48.9 Å². The van der Waals surface area contributed by atoms with Gasteiger partial charge in [-0.25, -0.2) is 17.5 Å². The zero-order chi connectivity index (χ0) is 15.5. The van der Waals surface area contributed by atoms with E-state index in [2.05, 4.69) is 4.72 Å². The van der Waals surface area contributed by atoms with E-state index in [1.54, 1.807) is 0 Å². The van der Waals surface area contributed by atoms with Gasteiger partial charge in [0.1, 0.15) is 10.7 Å². The highest BCUT2D eigenvalue weighted by Gasteiger charge is 2.20. The SMILES string of the molecule is C[C@H](CNS(=O)(=O)c1ccc(Cl)cc1F)c1ccccc1. The molecular weight excluding hydrogens is 313 g/mol. The molecule has 2 aromatic rings. The van der Waals surface area contributed by atoms with E-state index in [1.165, 1.54) is 6.07 Å². The summed E-state index contributed by atoms with van der Waals surface area (Å²) in [5, 5.41) is 0.157. The summed E-state index contributed by atoms with van der Waals surface area (Å²) in [7, 11) is -3.89. The van der Waals surface area contributed by atoms with Crippen LogP contribution in [0.25, 0.3) is 0 Å². The summed E-state index contributed by atoms with van der Waals surface area (Å²) < 4.78 is 40.3. The van der Waals surface area contributed by atoms with Crippen LogP contribution in [0.15, 0.2) is 53.4 Å². The van der Waals surface area contributed by atoms with Crippen molar-refractivity contribution in [1.29, 1.82) is 0 Å². The monoisotopic (exact) mass is 327 g/mol. The Balaban J connectivity index is 2.11. The van der Waals surface area contributed by atoms with Gasteiger partial charge >= 0.3 is 0 Å². The first kappa shape index (κ1) is 15.9. The Morgan fingerprint density at radius 1 is 1.19 bits per heavy atom. The number of benzene rings is 2. The lowest BCUT2D eigenvalue weighted by atomic mass is 10.0. The molecule has 1 N–H and O–H groups in total. The number of halogens is 2. The molecular formula is C15H15ClFNO2S. The quantitative estimate of drug-likeness (QED) is 0.912. The van der Waals surface area contributed by atoms with Gasteiger partial charge in [0.25, 0.3) is 0 Å². The first-order valence-electron chi connectivity index (χ1n) is 6.40. The minimum Gasteiger partial charge on any atom is -0.210 e. The van der Waals surface area contributed by atoms with Crippen molar-refractivity contribution in [1.82, 2.24) is 4.72 Å². The number of nitrogens with one attached hydrogen (secondary N) is 1. The van der Waals surface area contributed by atoms with Crippen LogP contribution in [0.3, 0.4) is 0 Å². The molecule has 0 aromatic heterocycles. The summed E-state index contributed by atoms with van der Waals surface area (Å²) in [4.78, 5) is -0.396. The first-order chi connectivity index (χ1) is 9.90. The van der Waals surface area contributed by atoms with Crippen LogP contribution >= 0.6 is 11.6 Å². The first-order valence-corrected chi connectivity index (χ1v) is 8.26. The van der Waals surface area contributed by atoms with Crippen LogP contribution in [0.4, 0.5) is 4.39 Å². The van der Waals surface area contributed by atoms with Crippen molar-refractivity contribution in [2.24, 2.45) is 0 Å². The average Bonchev–Trinajstić information content (AvgIpc) is 2.45. The van der Waals surface area contributed by atoms with Gasteiger partial charge in [-0.2, -0.15) is 0 Å². The Morgan fingerprint density at radius 3 is 2.48 bits per heavy atom. The molecule has 0 radical (unpaired) electrons. The second-order valence-electron chi connectivity index (χ2n) is 4.74. The largest absolute Gasteiger partial charge is 0.243 e. The molecule has 0 saturated carbocycles. The van der Waals surface area contributed by atoms with E-state index >= 15 is 0 Å². The van der Waals surface area contributed by atoms with E-state index in [-0.39, 0.29) is 17.5 Å². The zero-order valence-corrected chi connectivity index (χ0v) is 13.0. The van der Waals surface area contributed by atoms with Crippen LogP contribution in [0.2, 0.25) is 5.02 Å². The van der Waals surface area contributed by atoms with Gasteiger partial charge in [-0.3, -0.25) is 0 Å². The van der Waals surface area contributed by atoms with Crippen molar-refractivity contribution in [3.63, 3.8) is 0 Å². The summed E-state index contributed by atoms with van der Waals surface area (Å²) in [6.45, 7) is 2.09. The Labute approximate surface area is 128 Å². The maximum Gasteiger partial charge on any atom is 0.243 e. The highest BCUT2D eigenvalue weighted by molar-refractivity contribution is 7.89. The molecule has 21 heavy (non-hydrogen) atoms. The fourth-order valence-corrected chi connectivity index (χ4v) is 3.25. The van der Waals surface area contributed by atoms with Gasteiger partial charge in [-0.15, -0.1) is 0 Å². The number of hydrogen-bond donors (Lipinski definition) is 1. The Bertz CT molecular complexity index is 720. The van der Waals surface area contributed by atoms with Gasteiger partial charge in [0.2, 0.25) is 10.0 Å². The highest BCUT2D eigenvalue weighted by Crippen LogP contribution is 2.20. The fourth-order valence-electron chi connectivity index (χ4n) is 1.91. The van der Waals surface area contributed by atoms with Gasteiger partial charge in [-0.05, 0) is 29.7 Å². The van der Waals surface area contributed by atoms with Crippen LogP contribution in [0.1, 0.15) is 18.4 Å². The maximum absolute atomic E-state index is 13.7. The van der Waals surface area contributed by atoms with Crippen molar-refractivity contribution in [3.05, 3.63) is 64.9 Å². The molecule has 0 aliphatic carbocycles. The molecule has 3 nitrogen and oxygen atoms in total. The molecule has 0 aliphatic heterocycles. The van der Waals surface area contributed by atoms with Crippen molar-refractivity contribution < 1.29 is 12.8 Å². The topological polar surface area (TPSA) is 46.2 Å². The van der Waals surface area contributed by atoms with E-state index in [0.29, 0.717) is 0 Å². The van der Waals surface area contributed by atoms with Crippen LogP contribution in [0, 0.1) is 5.82 Å². The summed E-state index contributed by atoms with van der Waals surface area (Å²) >= 11 is 5.62. The lowest BCUT2D eigenvalue weighted by molar-refractivity contribution is 0.553. The third-order valence-electron chi connectivity index (χ3n) is 3.13. The van der Waals surface area contributed by atoms with Crippen molar-refractivity contribution in [2.45, 2.75) is 17.7 Å². The van der Waals surface area contributed by atoms with Crippen molar-refractivity contribution in [2.75, 3.05) is 6.54 Å². The molecule has 2 aromatic carbocycles. The van der Waals surface area contributed by atoms with E-state index in [0.717, 1.165) is 17.7 Å². The minimum atomic E-state index is -3.89. The van der Waals surface area contributed by atoms with Crippen molar-refractivity contribution >= 4 is 21.6 Å². The maximum atomic E-state index is 13.7. The van der Waals surface area contributed by atoms with Gasteiger partial charge in [0.15, 0.2) is 0 Å². The number of hydrogen-bond acceptors (Lipinski definition) is 2. The predicted molar refractivity (Wildman–Crippen MR) is 81.5 cm³/mol. The third kappa shape index (κ3) is 4.03. The molecule has 0 fully saturated rings. The van der Waals surface area contributed by atoms with Crippen LogP contribution < -0.4 is 4.72 Å². The molecule has 0 aliphatic rings. The molecule has 0 amide bonds. The van der Waals surface area contributed by atoms with E-state index < -0.39 is 20.7 Å². The summed E-state index contributed by atoms with van der Waals surface area (Å²) in [5.41, 5.74) is 1.01. The molecule has 0 unspecified atom stereocenters. The molecule has 0 saturated heterocycles. The average molecular weight is 328 g/mol. The molecule has 0 bridgehead atoms. The third-order valence-corrected chi connectivity index (χ3v) is 4.82. The normalized spacial score (nSPS) is 13.1. The molecule has 0 spiro atoms. The summed E-state index contributed by atoms with van der Waals surface area (Å²) in [5.74, 6) is -0.876.